The number of nitrogens with one attached hydrogen (secondary N) is 2. The first-order valence-corrected chi connectivity index (χ1v) is 5.52. The van der Waals surface area contributed by atoms with Crippen LogP contribution in [0.2, 0.25) is 0 Å². The second-order valence-electron chi connectivity index (χ2n) is 3.39. The number of hydrogen-bond acceptors (Lipinski definition) is 4. The molecule has 4 N–H and O–H groups in total. The van der Waals surface area contributed by atoms with E-state index in [1.54, 1.807) is 6.92 Å². The van der Waals surface area contributed by atoms with E-state index in [1.807, 2.05) is 0 Å². The van der Waals surface area contributed by atoms with Crippen LogP contribution in [0.5, 0.6) is 5.75 Å². The average Bonchev–Trinajstić information content (AvgIpc) is 2.28. The number of carbonyl (C=O) groups is 2. The zero-order valence-corrected chi connectivity index (χ0v) is 10.4. The van der Waals surface area contributed by atoms with Gasteiger partial charge in [0.05, 0.1) is 0 Å². The number of rotatable bonds is 3. The second kappa shape index (κ2) is 5.97. The van der Waals surface area contributed by atoms with Crippen molar-refractivity contribution in [1.82, 2.24) is 5.32 Å². The van der Waals surface area contributed by atoms with Gasteiger partial charge in [-0.1, -0.05) is 6.92 Å². The lowest BCUT2D eigenvalue weighted by molar-refractivity contribution is -0.119. The van der Waals surface area contributed by atoms with Crippen molar-refractivity contribution in [1.29, 1.82) is 0 Å². The highest BCUT2D eigenvalue weighted by molar-refractivity contribution is 7.80. The number of aromatic hydroxyl groups is 1. The SMILES string of the molecule is CCC(=O)NC(=S)Nc1ccc(C(=O)O)c(O)c1. The van der Waals surface area contributed by atoms with E-state index in [9.17, 15) is 14.7 Å². The summed E-state index contributed by atoms with van der Waals surface area (Å²) >= 11 is 4.87. The Labute approximate surface area is 109 Å². The first-order valence-electron chi connectivity index (χ1n) is 5.11. The third-order valence-electron chi connectivity index (χ3n) is 2.06. The van der Waals surface area contributed by atoms with Gasteiger partial charge >= 0.3 is 5.97 Å². The predicted molar refractivity (Wildman–Crippen MR) is 69.7 cm³/mol. The molecular weight excluding hydrogens is 256 g/mol. The molecule has 0 heterocycles. The fourth-order valence-corrected chi connectivity index (χ4v) is 1.40. The van der Waals surface area contributed by atoms with E-state index < -0.39 is 5.97 Å². The lowest BCUT2D eigenvalue weighted by Crippen LogP contribution is -2.33. The Morgan fingerprint density at radius 3 is 2.56 bits per heavy atom. The van der Waals surface area contributed by atoms with Crippen LogP contribution in [-0.4, -0.2) is 27.2 Å². The summed E-state index contributed by atoms with van der Waals surface area (Å²) in [4.78, 5) is 21.7. The van der Waals surface area contributed by atoms with Gasteiger partial charge < -0.3 is 20.8 Å². The van der Waals surface area contributed by atoms with Gasteiger partial charge in [0.25, 0.3) is 0 Å². The summed E-state index contributed by atoms with van der Waals surface area (Å²) in [6, 6.07) is 3.89. The average molecular weight is 268 g/mol. The van der Waals surface area contributed by atoms with Gasteiger partial charge in [0.15, 0.2) is 5.11 Å². The van der Waals surface area contributed by atoms with E-state index in [2.05, 4.69) is 10.6 Å². The van der Waals surface area contributed by atoms with Crippen molar-refractivity contribution in [2.45, 2.75) is 13.3 Å². The number of phenols is 1. The molecule has 1 aromatic rings. The minimum absolute atomic E-state index is 0.0873. The molecule has 0 atom stereocenters. The van der Waals surface area contributed by atoms with E-state index in [0.717, 1.165) is 0 Å². The minimum atomic E-state index is -1.22. The number of carboxylic acid groups (broad SMARTS) is 1. The summed E-state index contributed by atoms with van der Waals surface area (Å²) in [6.07, 6.45) is 0.297. The van der Waals surface area contributed by atoms with Crippen LogP contribution in [0.1, 0.15) is 23.7 Å². The first-order chi connectivity index (χ1) is 8.43. The molecule has 6 nitrogen and oxygen atoms in total. The van der Waals surface area contributed by atoms with Crippen molar-refractivity contribution >= 4 is 34.9 Å². The molecule has 18 heavy (non-hydrogen) atoms. The van der Waals surface area contributed by atoms with Gasteiger partial charge in [-0.2, -0.15) is 0 Å². The molecule has 7 heteroatoms. The maximum absolute atomic E-state index is 11.1. The third-order valence-corrected chi connectivity index (χ3v) is 2.26. The number of anilines is 1. The molecule has 96 valence electrons. The Balaban J connectivity index is 2.75. The topological polar surface area (TPSA) is 98.7 Å². The van der Waals surface area contributed by atoms with Crippen molar-refractivity contribution < 1.29 is 19.8 Å². The summed E-state index contributed by atoms with van der Waals surface area (Å²) in [7, 11) is 0. The molecule has 1 rings (SSSR count). The van der Waals surface area contributed by atoms with E-state index in [1.165, 1.54) is 18.2 Å². The fourth-order valence-electron chi connectivity index (χ4n) is 1.17. The van der Waals surface area contributed by atoms with Gasteiger partial charge in [-0.25, -0.2) is 4.79 Å². The van der Waals surface area contributed by atoms with Crippen molar-refractivity contribution in [2.24, 2.45) is 0 Å². The molecule has 0 bridgehead atoms. The molecule has 0 aliphatic rings. The highest BCUT2D eigenvalue weighted by Gasteiger charge is 2.10. The van der Waals surface area contributed by atoms with Crippen LogP contribution in [0.3, 0.4) is 0 Å². The molecule has 0 aliphatic carbocycles. The lowest BCUT2D eigenvalue weighted by atomic mass is 10.2. The molecule has 0 aliphatic heterocycles. The molecule has 1 aromatic carbocycles. The second-order valence-corrected chi connectivity index (χ2v) is 3.80. The fraction of sp³-hybridized carbons (Fsp3) is 0.182. The smallest absolute Gasteiger partial charge is 0.339 e. The zero-order valence-electron chi connectivity index (χ0n) is 9.56. The standard InChI is InChI=1S/C11H12N2O4S/c1-2-9(15)13-11(18)12-6-3-4-7(10(16)17)8(14)5-6/h3-5,14H,2H2,1H3,(H,16,17)(H2,12,13,15,18). The van der Waals surface area contributed by atoms with Crippen molar-refractivity contribution in [3.8, 4) is 5.75 Å². The number of benzene rings is 1. The largest absolute Gasteiger partial charge is 0.507 e. The lowest BCUT2D eigenvalue weighted by Gasteiger charge is -2.09. The van der Waals surface area contributed by atoms with E-state index in [-0.39, 0.29) is 22.3 Å². The Hall–Kier alpha value is -2.15. The van der Waals surface area contributed by atoms with Gasteiger partial charge in [-0.05, 0) is 24.4 Å². The van der Waals surface area contributed by atoms with Crippen LogP contribution in [0.4, 0.5) is 5.69 Å². The summed E-state index contributed by atoms with van der Waals surface area (Å²) in [5.41, 5.74) is 0.183. The van der Waals surface area contributed by atoms with Crippen LogP contribution in [-0.2, 0) is 4.79 Å². The first kappa shape index (κ1) is 13.9. The Morgan fingerprint density at radius 2 is 2.06 bits per heavy atom. The van der Waals surface area contributed by atoms with Crippen LogP contribution < -0.4 is 10.6 Å². The summed E-state index contributed by atoms with van der Waals surface area (Å²) in [5, 5.41) is 23.3. The molecule has 0 radical (unpaired) electrons. The monoisotopic (exact) mass is 268 g/mol. The van der Waals surface area contributed by atoms with Gasteiger partial charge in [0.2, 0.25) is 5.91 Å². The number of aromatic carboxylic acids is 1. The van der Waals surface area contributed by atoms with Crippen molar-refractivity contribution in [3.05, 3.63) is 23.8 Å². The number of carboxylic acids is 1. The third kappa shape index (κ3) is 3.70. The van der Waals surface area contributed by atoms with E-state index >= 15 is 0 Å². The maximum atomic E-state index is 11.1. The van der Waals surface area contributed by atoms with Gasteiger partial charge in [0.1, 0.15) is 11.3 Å². The molecular formula is C11H12N2O4S. The summed E-state index contributed by atoms with van der Waals surface area (Å²) in [5.74, 6) is -1.84. The van der Waals surface area contributed by atoms with Crippen LogP contribution in [0.15, 0.2) is 18.2 Å². The number of hydrogen-bond donors (Lipinski definition) is 4. The molecule has 0 aromatic heterocycles. The maximum Gasteiger partial charge on any atom is 0.339 e. The van der Waals surface area contributed by atoms with Crippen molar-refractivity contribution in [3.63, 3.8) is 0 Å². The Morgan fingerprint density at radius 1 is 1.39 bits per heavy atom. The highest BCUT2D eigenvalue weighted by atomic mass is 32.1. The molecule has 0 spiro atoms. The Kier molecular flexibility index (Phi) is 4.61. The number of carbonyl (C=O) groups excluding carboxylic acids is 1. The van der Waals surface area contributed by atoms with E-state index in [0.29, 0.717) is 12.1 Å². The minimum Gasteiger partial charge on any atom is -0.507 e. The highest BCUT2D eigenvalue weighted by Crippen LogP contribution is 2.21. The Bertz CT molecular complexity index is 502. The normalized spacial score (nSPS) is 9.61. The van der Waals surface area contributed by atoms with Crippen molar-refractivity contribution in [2.75, 3.05) is 5.32 Å². The van der Waals surface area contributed by atoms with Gasteiger partial charge in [0, 0.05) is 18.2 Å². The molecule has 0 saturated heterocycles. The zero-order chi connectivity index (χ0) is 13.7. The van der Waals surface area contributed by atoms with Crippen LogP contribution in [0, 0.1) is 0 Å². The molecule has 1 amide bonds. The van der Waals surface area contributed by atoms with Gasteiger partial charge in [-0.3, -0.25) is 4.79 Å². The van der Waals surface area contributed by atoms with Crippen LogP contribution >= 0.6 is 12.2 Å². The quantitative estimate of drug-likeness (QED) is 0.617. The molecule has 0 saturated carbocycles. The van der Waals surface area contributed by atoms with E-state index in [4.69, 9.17) is 17.3 Å². The summed E-state index contributed by atoms with van der Waals surface area (Å²) < 4.78 is 0. The molecule has 0 fully saturated rings. The summed E-state index contributed by atoms with van der Waals surface area (Å²) in [6.45, 7) is 1.69. The molecule has 0 unspecified atom stereocenters. The van der Waals surface area contributed by atoms with Gasteiger partial charge in [-0.15, -0.1) is 0 Å². The number of amides is 1. The van der Waals surface area contributed by atoms with Crippen LogP contribution in [0.25, 0.3) is 0 Å². The predicted octanol–water partition coefficient (Wildman–Crippen LogP) is 1.31. The number of thiocarbonyl (C=S) groups is 1.